The highest BCUT2D eigenvalue weighted by Crippen LogP contribution is 2.19. The van der Waals surface area contributed by atoms with Gasteiger partial charge in [-0.2, -0.15) is 0 Å². The Hall–Kier alpha value is -4.83. The molecule has 2 unspecified atom stereocenters. The van der Waals surface area contributed by atoms with E-state index in [-0.39, 0.29) is 32.2 Å². The van der Waals surface area contributed by atoms with Crippen LogP contribution in [0.15, 0.2) is 146 Å². The minimum Gasteiger partial charge on any atom is -0.477 e. The maximum Gasteiger partial charge on any atom is 0.361 e. The highest BCUT2D eigenvalue weighted by molar-refractivity contribution is 5.71. The molecular formula is C92H158NO8+. The Bertz CT molecular complexity index is 2180. The number of unbranched alkanes of at least 4 members (excludes halogenated alkanes) is 38. The van der Waals surface area contributed by atoms with Crippen molar-refractivity contribution < 1.29 is 42.9 Å². The molecule has 0 saturated carbocycles. The van der Waals surface area contributed by atoms with E-state index in [1.807, 2.05) is 21.1 Å². The molecule has 0 aromatic rings. The largest absolute Gasteiger partial charge is 0.477 e. The fraction of sp³-hybridized carbons (Fsp3) is 0.707. The third kappa shape index (κ3) is 82.3. The van der Waals surface area contributed by atoms with Gasteiger partial charge in [0.25, 0.3) is 6.29 Å². The van der Waals surface area contributed by atoms with Crippen LogP contribution in [0.4, 0.5) is 0 Å². The topological polar surface area (TPSA) is 108 Å². The summed E-state index contributed by atoms with van der Waals surface area (Å²) in [4.78, 5) is 37.7. The number of rotatable bonds is 77. The highest BCUT2D eigenvalue weighted by Gasteiger charge is 2.25. The smallest absolute Gasteiger partial charge is 0.361 e. The van der Waals surface area contributed by atoms with E-state index in [9.17, 15) is 19.5 Å². The molecule has 9 nitrogen and oxygen atoms in total. The molecule has 0 aromatic heterocycles. The summed E-state index contributed by atoms with van der Waals surface area (Å²) in [5.41, 5.74) is 0. The van der Waals surface area contributed by atoms with Crippen molar-refractivity contribution in [2.24, 2.45) is 0 Å². The summed E-state index contributed by atoms with van der Waals surface area (Å²) in [6.45, 7) is 4.75. The van der Waals surface area contributed by atoms with E-state index in [0.717, 1.165) is 109 Å². The Labute approximate surface area is 623 Å². The van der Waals surface area contributed by atoms with E-state index >= 15 is 0 Å². The number of carbonyl (C=O) groups is 3. The molecule has 0 heterocycles. The predicted octanol–water partition coefficient (Wildman–Crippen LogP) is 27.4. The lowest BCUT2D eigenvalue weighted by molar-refractivity contribution is -0.870. The zero-order valence-electron chi connectivity index (χ0n) is 66.3. The number of likely N-dealkylation sites (N-methyl/N-ethyl adjacent to an activating group) is 1. The van der Waals surface area contributed by atoms with Crippen molar-refractivity contribution in [2.45, 2.75) is 373 Å². The number of hydrogen-bond donors (Lipinski definition) is 1. The fourth-order valence-corrected chi connectivity index (χ4v) is 11.7. The Kier molecular flexibility index (Phi) is 77.0. The molecular weight excluding hydrogens is 1250 g/mol. The number of nitrogens with zero attached hydrogens (tertiary/aromatic N) is 1. The summed E-state index contributed by atoms with van der Waals surface area (Å²) in [7, 11) is 5.97. The summed E-state index contributed by atoms with van der Waals surface area (Å²) in [6.07, 6.45) is 116. The van der Waals surface area contributed by atoms with Crippen LogP contribution >= 0.6 is 0 Å². The maximum absolute atomic E-state index is 13.0. The number of carbonyl (C=O) groups excluding carboxylic acids is 2. The Morgan fingerprint density at radius 3 is 0.861 bits per heavy atom. The fourth-order valence-electron chi connectivity index (χ4n) is 11.7. The number of ether oxygens (including phenoxy) is 4. The zero-order chi connectivity index (χ0) is 73.2. The second-order valence-electron chi connectivity index (χ2n) is 29.1. The molecule has 0 rings (SSSR count). The van der Waals surface area contributed by atoms with E-state index < -0.39 is 24.3 Å². The standard InChI is InChI=1S/C92H157NO8/c1-6-8-10-12-14-16-18-20-22-24-26-28-30-32-34-36-38-40-42-44-45-47-48-50-52-54-56-58-60-62-64-66-68-70-72-74-76-78-80-82-89(94)99-86-88(87-100-92(91(96)97)98-85-84-93(3,4)5)101-90(95)83-81-79-77-75-73-71-69-67-65-63-61-59-57-55-53-51-49-46-43-41-39-37-35-33-31-29-27-25-23-21-19-17-15-13-11-9-7-2/h9,11,15,17,21,23-24,26-27,29,33,35,39,41,46,49,53,55,59,61,65,67,71,73,88,92H,6-8,10,12-14,16,18-20,22,25,28,30-32,34,36-38,40,42-45,47-48,50-52,54,56-58,60,62-64,66,68-70,72,74-87H2,1-5H3/p+1/b11-9-,17-15-,23-21-,26-24-,29-27-,35-33-,41-39-,49-46-,55-53-,61-59-,67-65-,73-71-. The lowest BCUT2D eigenvalue weighted by Gasteiger charge is -2.25. The van der Waals surface area contributed by atoms with E-state index in [1.165, 1.54) is 218 Å². The molecule has 0 saturated heterocycles. The van der Waals surface area contributed by atoms with Crippen LogP contribution in [-0.2, 0) is 33.3 Å². The number of quaternary nitrogens is 1. The minimum absolute atomic E-state index is 0.175. The number of carboxylic acid groups (broad SMARTS) is 1. The summed E-state index contributed by atoms with van der Waals surface area (Å²) in [6, 6.07) is 0. The van der Waals surface area contributed by atoms with Gasteiger partial charge in [-0.05, 0) is 122 Å². The van der Waals surface area contributed by atoms with Crippen molar-refractivity contribution in [3.05, 3.63) is 146 Å². The van der Waals surface area contributed by atoms with E-state index in [0.29, 0.717) is 23.9 Å². The van der Waals surface area contributed by atoms with Gasteiger partial charge in [-0.15, -0.1) is 0 Å². The third-order valence-electron chi connectivity index (χ3n) is 18.1. The Morgan fingerprint density at radius 1 is 0.307 bits per heavy atom. The van der Waals surface area contributed by atoms with Crippen LogP contribution in [0.2, 0.25) is 0 Å². The van der Waals surface area contributed by atoms with Gasteiger partial charge in [-0.25, -0.2) is 4.79 Å². The van der Waals surface area contributed by atoms with Gasteiger partial charge in [0.2, 0.25) is 0 Å². The predicted molar refractivity (Wildman–Crippen MR) is 437 cm³/mol. The first-order valence-corrected chi connectivity index (χ1v) is 42.0. The molecule has 0 aromatic carbocycles. The molecule has 0 aliphatic heterocycles. The molecule has 0 radical (unpaired) electrons. The number of esters is 2. The van der Waals surface area contributed by atoms with E-state index in [1.54, 1.807) is 0 Å². The minimum atomic E-state index is -1.53. The number of aliphatic carboxylic acids is 1. The summed E-state index contributed by atoms with van der Waals surface area (Å²) in [5, 5.41) is 9.78. The van der Waals surface area contributed by atoms with Crippen molar-refractivity contribution in [2.75, 3.05) is 47.5 Å². The molecule has 0 fully saturated rings. The lowest BCUT2D eigenvalue weighted by atomic mass is 10.0. The normalized spacial score (nSPS) is 13.4. The SMILES string of the molecule is CC/C=C\C/C=C\C/C=C\C/C=C\C/C=C\C/C=C\C/C=C\C/C=C\C/C=C\C/C=C\C/C=C\CCCCCC(=O)OC(COC(=O)CCCCCCCCCCCCCCCCCCCCCCCCCCCCC/C=C\CCCCCCCCCC)COC(OCC[N+](C)(C)C)C(=O)O. The van der Waals surface area contributed by atoms with Crippen LogP contribution in [0, 0.1) is 0 Å². The van der Waals surface area contributed by atoms with Crippen molar-refractivity contribution in [1.82, 2.24) is 0 Å². The second kappa shape index (κ2) is 80.8. The first-order valence-electron chi connectivity index (χ1n) is 42.0. The van der Waals surface area contributed by atoms with Gasteiger partial charge in [0.1, 0.15) is 13.2 Å². The molecule has 1 N–H and O–H groups in total. The van der Waals surface area contributed by atoms with Gasteiger partial charge in [0.15, 0.2) is 6.10 Å². The van der Waals surface area contributed by atoms with Gasteiger partial charge in [-0.1, -0.05) is 372 Å². The molecule has 101 heavy (non-hydrogen) atoms. The van der Waals surface area contributed by atoms with Crippen LogP contribution in [0.25, 0.3) is 0 Å². The van der Waals surface area contributed by atoms with Gasteiger partial charge in [-0.3, -0.25) is 9.59 Å². The quantitative estimate of drug-likeness (QED) is 0.0211. The molecule has 0 spiro atoms. The first kappa shape index (κ1) is 96.2. The van der Waals surface area contributed by atoms with Crippen molar-refractivity contribution in [3.63, 3.8) is 0 Å². The van der Waals surface area contributed by atoms with Crippen LogP contribution < -0.4 is 0 Å². The number of carboxylic acids is 1. The monoisotopic (exact) mass is 1410 g/mol. The first-order chi connectivity index (χ1) is 49.6. The molecule has 2 atom stereocenters. The molecule has 0 bridgehead atoms. The molecule has 578 valence electrons. The molecule has 0 amide bonds. The molecule has 9 heteroatoms. The van der Waals surface area contributed by atoms with E-state index in [4.69, 9.17) is 18.9 Å². The van der Waals surface area contributed by atoms with Gasteiger partial charge in [0.05, 0.1) is 34.4 Å². The van der Waals surface area contributed by atoms with Crippen molar-refractivity contribution >= 4 is 17.9 Å². The summed E-state index contributed by atoms with van der Waals surface area (Å²) < 4.78 is 23.0. The lowest BCUT2D eigenvalue weighted by Crippen LogP contribution is -2.40. The Morgan fingerprint density at radius 2 is 0.564 bits per heavy atom. The van der Waals surface area contributed by atoms with Gasteiger partial charge < -0.3 is 28.5 Å². The van der Waals surface area contributed by atoms with E-state index in [2.05, 4.69) is 160 Å². The van der Waals surface area contributed by atoms with Crippen molar-refractivity contribution in [3.8, 4) is 0 Å². The van der Waals surface area contributed by atoms with Gasteiger partial charge in [0, 0.05) is 12.8 Å². The maximum atomic E-state index is 13.0. The third-order valence-corrected chi connectivity index (χ3v) is 18.1. The summed E-state index contributed by atoms with van der Waals surface area (Å²) >= 11 is 0. The number of allylic oxidation sites excluding steroid dienone is 24. The molecule has 0 aliphatic rings. The van der Waals surface area contributed by atoms with Crippen LogP contribution in [0.3, 0.4) is 0 Å². The number of hydrogen-bond acceptors (Lipinski definition) is 7. The second-order valence-corrected chi connectivity index (χ2v) is 29.1. The van der Waals surface area contributed by atoms with Crippen molar-refractivity contribution in [1.29, 1.82) is 0 Å². The van der Waals surface area contributed by atoms with Crippen LogP contribution in [-0.4, -0.2) is 87.4 Å². The molecule has 0 aliphatic carbocycles. The highest BCUT2D eigenvalue weighted by atomic mass is 16.7. The van der Waals surface area contributed by atoms with Crippen LogP contribution in [0.5, 0.6) is 0 Å². The van der Waals surface area contributed by atoms with Crippen LogP contribution in [0.1, 0.15) is 361 Å². The Balaban J connectivity index is 4.08. The summed E-state index contributed by atoms with van der Waals surface area (Å²) in [5.74, 6) is -2.05. The van der Waals surface area contributed by atoms with Gasteiger partial charge >= 0.3 is 17.9 Å². The zero-order valence-corrected chi connectivity index (χ0v) is 66.3. The average Bonchev–Trinajstić information content (AvgIpc) is 1.25. The average molecular weight is 1410 g/mol.